The molecule has 1 N–H and O–H groups in total. The van der Waals surface area contributed by atoms with Crippen molar-refractivity contribution in [3.8, 4) is 0 Å². The number of rotatable bonds is 3. The first-order valence-electron chi connectivity index (χ1n) is 2.82. The number of aliphatic hydroxyl groups is 1. The summed E-state index contributed by atoms with van der Waals surface area (Å²) in [6.45, 7) is 3.15. The molecule has 0 amide bonds. The molecule has 0 heterocycles. The smallest absolute Gasteiger partial charge is 0.370 e. The SMILES string of the molecule is C[B]OC(=O)CC(C)O. The summed E-state index contributed by atoms with van der Waals surface area (Å²) >= 11 is 0. The lowest BCUT2D eigenvalue weighted by atomic mass is 10.1. The zero-order valence-corrected chi connectivity index (χ0v) is 5.63. The highest BCUT2D eigenvalue weighted by Gasteiger charge is 2.04. The average molecular weight is 129 g/mol. The molecule has 1 atom stereocenters. The summed E-state index contributed by atoms with van der Waals surface area (Å²) in [4.78, 5) is 10.4. The molecule has 0 saturated carbocycles. The molecule has 0 spiro atoms. The Kier molecular flexibility index (Phi) is 4.14. The van der Waals surface area contributed by atoms with Crippen molar-refractivity contribution in [3.63, 3.8) is 0 Å². The van der Waals surface area contributed by atoms with Crippen LogP contribution in [0.2, 0.25) is 6.82 Å². The van der Waals surface area contributed by atoms with Gasteiger partial charge in [-0.1, -0.05) is 6.82 Å². The highest BCUT2D eigenvalue weighted by Crippen LogP contribution is 1.90. The van der Waals surface area contributed by atoms with E-state index in [4.69, 9.17) is 5.11 Å². The molecule has 51 valence electrons. The zero-order valence-electron chi connectivity index (χ0n) is 5.63. The van der Waals surface area contributed by atoms with Crippen LogP contribution in [-0.4, -0.2) is 24.7 Å². The summed E-state index contributed by atoms with van der Waals surface area (Å²) in [6.07, 6.45) is -0.554. The Morgan fingerprint density at radius 3 is 2.78 bits per heavy atom. The van der Waals surface area contributed by atoms with Crippen LogP contribution in [0.25, 0.3) is 0 Å². The first-order valence-corrected chi connectivity index (χ1v) is 2.82. The highest BCUT2D eigenvalue weighted by molar-refractivity contribution is 6.28. The maximum absolute atomic E-state index is 10.4. The van der Waals surface area contributed by atoms with Crippen LogP contribution in [0.3, 0.4) is 0 Å². The maximum atomic E-state index is 10.4. The minimum absolute atomic E-state index is 0.0599. The molecule has 1 radical (unpaired) electrons. The molecule has 0 aromatic heterocycles. The number of hydrogen-bond donors (Lipinski definition) is 1. The van der Waals surface area contributed by atoms with Gasteiger partial charge in [-0.05, 0) is 6.92 Å². The number of aliphatic hydroxyl groups excluding tert-OH is 1. The van der Waals surface area contributed by atoms with Gasteiger partial charge in [0.2, 0.25) is 0 Å². The summed E-state index contributed by atoms with van der Waals surface area (Å²) in [5.74, 6) is -0.396. The molecule has 0 fully saturated rings. The van der Waals surface area contributed by atoms with Gasteiger partial charge < -0.3 is 9.76 Å². The second-order valence-electron chi connectivity index (χ2n) is 1.78. The van der Waals surface area contributed by atoms with E-state index in [1.165, 1.54) is 14.4 Å². The van der Waals surface area contributed by atoms with E-state index >= 15 is 0 Å². The van der Waals surface area contributed by atoms with Crippen molar-refractivity contribution < 1.29 is 14.6 Å². The third kappa shape index (κ3) is 5.36. The Morgan fingerprint density at radius 1 is 1.89 bits per heavy atom. The van der Waals surface area contributed by atoms with Crippen LogP contribution >= 0.6 is 0 Å². The molecule has 0 aliphatic heterocycles. The molecule has 9 heavy (non-hydrogen) atoms. The molecule has 1 unspecified atom stereocenters. The van der Waals surface area contributed by atoms with Gasteiger partial charge in [-0.25, -0.2) is 0 Å². The van der Waals surface area contributed by atoms with Crippen molar-refractivity contribution in [3.05, 3.63) is 0 Å². The first-order chi connectivity index (χ1) is 4.16. The van der Waals surface area contributed by atoms with Crippen molar-refractivity contribution in [2.75, 3.05) is 0 Å². The predicted octanol–water partition coefficient (Wildman–Crippen LogP) is -0.0322. The Hall–Kier alpha value is -0.505. The van der Waals surface area contributed by atoms with E-state index < -0.39 is 12.1 Å². The molecular weight excluding hydrogens is 119 g/mol. The van der Waals surface area contributed by atoms with Gasteiger partial charge in [0.15, 0.2) is 0 Å². The lowest BCUT2D eigenvalue weighted by Gasteiger charge is -2.01. The largest absolute Gasteiger partial charge is 0.539 e. The normalized spacial score (nSPS) is 12.3. The van der Waals surface area contributed by atoms with E-state index in [1.807, 2.05) is 0 Å². The molecule has 0 aromatic carbocycles. The molecule has 0 aromatic rings. The van der Waals surface area contributed by atoms with Crippen LogP contribution in [0.4, 0.5) is 0 Å². The summed E-state index contributed by atoms with van der Waals surface area (Å²) in [5, 5.41) is 8.63. The van der Waals surface area contributed by atoms with Gasteiger partial charge in [-0.3, -0.25) is 4.79 Å². The van der Waals surface area contributed by atoms with E-state index in [0.717, 1.165) is 0 Å². The van der Waals surface area contributed by atoms with Gasteiger partial charge in [0.25, 0.3) is 5.97 Å². The van der Waals surface area contributed by atoms with Crippen molar-refractivity contribution in [1.29, 1.82) is 0 Å². The molecule has 0 aliphatic rings. The minimum atomic E-state index is -0.613. The fraction of sp³-hybridized carbons (Fsp3) is 0.800. The van der Waals surface area contributed by atoms with Crippen LogP contribution in [0.15, 0.2) is 0 Å². The average Bonchev–Trinajstić information content (AvgIpc) is 1.63. The lowest BCUT2D eigenvalue weighted by molar-refractivity contribution is -0.136. The van der Waals surface area contributed by atoms with Gasteiger partial charge in [0.05, 0.1) is 12.5 Å². The Bertz CT molecular complexity index is 92.2. The zero-order chi connectivity index (χ0) is 7.28. The highest BCUT2D eigenvalue weighted by atomic mass is 16.5. The van der Waals surface area contributed by atoms with Gasteiger partial charge >= 0.3 is 7.48 Å². The number of hydrogen-bond acceptors (Lipinski definition) is 3. The Balaban J connectivity index is 3.27. The molecule has 4 heteroatoms. The molecule has 0 saturated heterocycles. The van der Waals surface area contributed by atoms with Crippen LogP contribution in [0, 0.1) is 0 Å². The van der Waals surface area contributed by atoms with Gasteiger partial charge in [-0.15, -0.1) is 0 Å². The molecule has 0 aliphatic carbocycles. The van der Waals surface area contributed by atoms with E-state index in [0.29, 0.717) is 0 Å². The third-order valence-electron chi connectivity index (χ3n) is 0.711. The molecule has 0 rings (SSSR count). The van der Waals surface area contributed by atoms with Gasteiger partial charge in [0, 0.05) is 0 Å². The second-order valence-corrected chi connectivity index (χ2v) is 1.78. The standard InChI is InChI=1S/C5H10BO3/c1-4(7)3-5(8)9-6-2/h4,7H,3H2,1-2H3. The topological polar surface area (TPSA) is 46.5 Å². The Labute approximate surface area is 55.3 Å². The van der Waals surface area contributed by atoms with Crippen LogP contribution in [0.1, 0.15) is 13.3 Å². The minimum Gasteiger partial charge on any atom is -0.539 e. The van der Waals surface area contributed by atoms with E-state index in [9.17, 15) is 4.79 Å². The van der Waals surface area contributed by atoms with E-state index in [2.05, 4.69) is 4.65 Å². The van der Waals surface area contributed by atoms with Crippen molar-refractivity contribution in [2.45, 2.75) is 26.3 Å². The lowest BCUT2D eigenvalue weighted by Crippen LogP contribution is -2.13. The van der Waals surface area contributed by atoms with Crippen LogP contribution in [0.5, 0.6) is 0 Å². The summed E-state index contributed by atoms with van der Waals surface area (Å²) in [5.41, 5.74) is 0. The van der Waals surface area contributed by atoms with Crippen molar-refractivity contribution in [1.82, 2.24) is 0 Å². The molecular formula is C5H10BO3. The number of carbonyl (C=O) groups is 1. The predicted molar refractivity (Wildman–Crippen MR) is 34.0 cm³/mol. The van der Waals surface area contributed by atoms with Gasteiger partial charge in [0.1, 0.15) is 0 Å². The second kappa shape index (κ2) is 4.38. The summed E-state index contributed by atoms with van der Waals surface area (Å²) < 4.78 is 4.43. The first kappa shape index (κ1) is 8.49. The van der Waals surface area contributed by atoms with Crippen LogP contribution in [-0.2, 0) is 9.45 Å². The molecule has 0 bridgehead atoms. The molecule has 3 nitrogen and oxygen atoms in total. The Morgan fingerprint density at radius 2 is 2.44 bits per heavy atom. The third-order valence-corrected chi connectivity index (χ3v) is 0.711. The van der Waals surface area contributed by atoms with Gasteiger partial charge in [-0.2, -0.15) is 0 Å². The van der Waals surface area contributed by atoms with Crippen molar-refractivity contribution in [2.24, 2.45) is 0 Å². The monoisotopic (exact) mass is 129 g/mol. The fourth-order valence-corrected chi connectivity index (χ4v) is 0.421. The maximum Gasteiger partial charge on any atom is 0.370 e. The van der Waals surface area contributed by atoms with Crippen LogP contribution < -0.4 is 0 Å². The van der Waals surface area contributed by atoms with Crippen molar-refractivity contribution >= 4 is 13.5 Å². The quantitative estimate of drug-likeness (QED) is 0.544. The van der Waals surface area contributed by atoms with E-state index in [-0.39, 0.29) is 6.42 Å². The summed E-state index contributed by atoms with van der Waals surface area (Å²) in [7, 11) is 1.30. The van der Waals surface area contributed by atoms with E-state index in [1.54, 1.807) is 6.82 Å². The summed E-state index contributed by atoms with van der Waals surface area (Å²) in [6, 6.07) is 0. The fourth-order valence-electron chi connectivity index (χ4n) is 0.421. The number of carbonyl (C=O) groups excluding carboxylic acids is 1.